The van der Waals surface area contributed by atoms with Gasteiger partial charge in [0.25, 0.3) is 0 Å². The van der Waals surface area contributed by atoms with E-state index < -0.39 is 0 Å². The van der Waals surface area contributed by atoms with Crippen LogP contribution in [0.15, 0.2) is 47.5 Å². The molecule has 140 valence electrons. The molecule has 0 spiro atoms. The average Bonchev–Trinajstić information content (AvgIpc) is 2.87. The molecule has 0 aromatic heterocycles. The number of fused-ring (bicyclic) bond motifs is 1. The molecule has 0 aliphatic carbocycles. The third-order valence-corrected chi connectivity index (χ3v) is 3.88. The maximum Gasteiger partial charge on any atom is 0.195 e. The number of aliphatic imine (C=N–C) groups is 1. The van der Waals surface area contributed by atoms with Gasteiger partial charge in [-0.2, -0.15) is 0 Å². The summed E-state index contributed by atoms with van der Waals surface area (Å²) in [5.74, 6) is 1.91. The molecule has 0 saturated carbocycles. The molecule has 1 aliphatic heterocycles. The number of benzene rings is 2. The highest BCUT2D eigenvalue weighted by molar-refractivity contribution is 14.0. The summed E-state index contributed by atoms with van der Waals surface area (Å²) in [6.07, 6.45) is 1.45. The molecular weight excluding hydrogens is 448 g/mol. The number of rotatable bonds is 4. The topological polar surface area (TPSA) is 54.9 Å². The number of nitrogens with one attached hydrogen (secondary N) is 2. The summed E-state index contributed by atoms with van der Waals surface area (Å²) < 4.78 is 25.0. The van der Waals surface area contributed by atoms with Crippen LogP contribution in [0.5, 0.6) is 11.5 Å². The normalized spacial score (nSPS) is 13.4. The second-order valence-electron chi connectivity index (χ2n) is 5.68. The van der Waals surface area contributed by atoms with Crippen LogP contribution in [0.2, 0.25) is 0 Å². The van der Waals surface area contributed by atoms with E-state index in [9.17, 15) is 4.39 Å². The van der Waals surface area contributed by atoms with E-state index in [1.807, 2.05) is 24.3 Å². The van der Waals surface area contributed by atoms with Crippen LogP contribution in [0.1, 0.15) is 12.0 Å². The Labute approximate surface area is 170 Å². The number of nitrogens with zero attached hydrogens (tertiary/aromatic N) is 1. The van der Waals surface area contributed by atoms with Crippen molar-refractivity contribution in [1.29, 1.82) is 0 Å². The highest BCUT2D eigenvalue weighted by Gasteiger charge is 2.11. The molecule has 0 fully saturated rings. The van der Waals surface area contributed by atoms with Crippen LogP contribution in [-0.2, 0) is 6.42 Å². The quantitative estimate of drug-likeness (QED) is 0.405. The Morgan fingerprint density at radius 3 is 2.65 bits per heavy atom. The van der Waals surface area contributed by atoms with Crippen molar-refractivity contribution in [3.05, 3.63) is 53.8 Å². The molecule has 0 radical (unpaired) electrons. The Morgan fingerprint density at radius 2 is 1.88 bits per heavy atom. The lowest BCUT2D eigenvalue weighted by Crippen LogP contribution is -2.32. The standard InChI is InChI=1S/C19H22FN3O2.HI/c1-21-19(22-10-9-14-5-2-3-6-16(14)20)23-15-7-8-17-18(13-15)25-12-4-11-24-17;/h2-3,5-8,13H,4,9-12H2,1H3,(H2,21,22,23);1H. The van der Waals surface area contributed by atoms with Gasteiger partial charge in [-0.05, 0) is 30.2 Å². The van der Waals surface area contributed by atoms with Gasteiger partial charge in [0, 0.05) is 31.8 Å². The van der Waals surface area contributed by atoms with Gasteiger partial charge in [-0.1, -0.05) is 18.2 Å². The largest absolute Gasteiger partial charge is 0.490 e. The van der Waals surface area contributed by atoms with Crippen molar-refractivity contribution in [3.63, 3.8) is 0 Å². The van der Waals surface area contributed by atoms with Crippen molar-refractivity contribution in [2.75, 3.05) is 32.1 Å². The molecule has 2 N–H and O–H groups in total. The van der Waals surface area contributed by atoms with Gasteiger partial charge < -0.3 is 20.1 Å². The number of ether oxygens (including phenoxy) is 2. The molecule has 0 saturated heterocycles. The third-order valence-electron chi connectivity index (χ3n) is 3.88. The van der Waals surface area contributed by atoms with E-state index in [1.54, 1.807) is 19.2 Å². The van der Waals surface area contributed by atoms with E-state index in [1.165, 1.54) is 6.07 Å². The second-order valence-corrected chi connectivity index (χ2v) is 5.68. The van der Waals surface area contributed by atoms with Crippen molar-refractivity contribution in [2.24, 2.45) is 4.99 Å². The van der Waals surface area contributed by atoms with Gasteiger partial charge in [-0.25, -0.2) is 4.39 Å². The molecule has 3 rings (SSSR count). The third kappa shape index (κ3) is 5.48. The zero-order chi connectivity index (χ0) is 17.5. The van der Waals surface area contributed by atoms with Gasteiger partial charge in [0.1, 0.15) is 5.82 Å². The average molecular weight is 471 g/mol. The first-order valence-corrected chi connectivity index (χ1v) is 8.37. The summed E-state index contributed by atoms with van der Waals surface area (Å²) in [5.41, 5.74) is 1.53. The van der Waals surface area contributed by atoms with Crippen LogP contribution in [0.25, 0.3) is 0 Å². The van der Waals surface area contributed by atoms with Crippen molar-refractivity contribution in [2.45, 2.75) is 12.8 Å². The molecule has 5 nitrogen and oxygen atoms in total. The molecule has 0 bridgehead atoms. The smallest absolute Gasteiger partial charge is 0.195 e. The SMILES string of the molecule is CN=C(NCCc1ccccc1F)Nc1ccc2c(c1)OCCCO2.I. The predicted octanol–water partition coefficient (Wildman–Crippen LogP) is 3.84. The summed E-state index contributed by atoms with van der Waals surface area (Å²) >= 11 is 0. The molecule has 7 heteroatoms. The highest BCUT2D eigenvalue weighted by Crippen LogP contribution is 2.32. The van der Waals surface area contributed by atoms with Crippen molar-refractivity contribution < 1.29 is 13.9 Å². The number of hydrogen-bond donors (Lipinski definition) is 2. The van der Waals surface area contributed by atoms with Crippen LogP contribution in [0, 0.1) is 5.82 Å². The Kier molecular flexibility index (Phi) is 7.96. The van der Waals surface area contributed by atoms with Gasteiger partial charge in [0.15, 0.2) is 17.5 Å². The van der Waals surface area contributed by atoms with E-state index in [-0.39, 0.29) is 29.8 Å². The highest BCUT2D eigenvalue weighted by atomic mass is 127. The minimum Gasteiger partial charge on any atom is -0.490 e. The van der Waals surface area contributed by atoms with Crippen LogP contribution in [0.4, 0.5) is 10.1 Å². The van der Waals surface area contributed by atoms with E-state index >= 15 is 0 Å². The van der Waals surface area contributed by atoms with E-state index in [2.05, 4.69) is 15.6 Å². The molecule has 0 atom stereocenters. The summed E-state index contributed by atoms with van der Waals surface area (Å²) in [5, 5.41) is 6.40. The number of anilines is 1. The Hall–Kier alpha value is -2.03. The monoisotopic (exact) mass is 471 g/mol. The fourth-order valence-corrected chi connectivity index (χ4v) is 2.57. The van der Waals surface area contributed by atoms with E-state index in [0.717, 1.165) is 23.6 Å². The molecule has 1 aliphatic rings. The Bertz CT molecular complexity index is 755. The first kappa shape index (κ1) is 20.3. The van der Waals surface area contributed by atoms with Crippen LogP contribution in [0.3, 0.4) is 0 Å². The summed E-state index contributed by atoms with van der Waals surface area (Å²) in [6.45, 7) is 1.89. The van der Waals surface area contributed by atoms with Gasteiger partial charge in [-0.15, -0.1) is 24.0 Å². The maximum atomic E-state index is 13.6. The summed E-state index contributed by atoms with van der Waals surface area (Å²) in [7, 11) is 1.70. The lowest BCUT2D eigenvalue weighted by atomic mass is 10.1. The van der Waals surface area contributed by atoms with E-state index in [0.29, 0.717) is 37.7 Å². The minimum atomic E-state index is -0.185. The molecule has 0 unspecified atom stereocenters. The Morgan fingerprint density at radius 1 is 1.12 bits per heavy atom. The number of hydrogen-bond acceptors (Lipinski definition) is 3. The first-order chi connectivity index (χ1) is 12.3. The Balaban J connectivity index is 0.00000243. The second kappa shape index (κ2) is 10.2. The molecular formula is C19H23FIN3O2. The van der Waals surface area contributed by atoms with Gasteiger partial charge in [0.2, 0.25) is 0 Å². The zero-order valence-electron chi connectivity index (χ0n) is 14.6. The van der Waals surface area contributed by atoms with Crippen molar-refractivity contribution >= 4 is 35.6 Å². The van der Waals surface area contributed by atoms with Crippen molar-refractivity contribution in [3.8, 4) is 11.5 Å². The van der Waals surface area contributed by atoms with Gasteiger partial charge in [0.05, 0.1) is 13.2 Å². The molecule has 2 aromatic carbocycles. The lowest BCUT2D eigenvalue weighted by Gasteiger charge is -2.14. The zero-order valence-corrected chi connectivity index (χ0v) is 17.0. The molecule has 0 amide bonds. The predicted molar refractivity (Wildman–Crippen MR) is 113 cm³/mol. The van der Waals surface area contributed by atoms with Crippen LogP contribution >= 0.6 is 24.0 Å². The summed E-state index contributed by atoms with van der Waals surface area (Å²) in [4.78, 5) is 4.20. The molecule has 26 heavy (non-hydrogen) atoms. The van der Waals surface area contributed by atoms with E-state index in [4.69, 9.17) is 9.47 Å². The fraction of sp³-hybridized carbons (Fsp3) is 0.316. The lowest BCUT2D eigenvalue weighted by molar-refractivity contribution is 0.297. The molecule has 1 heterocycles. The minimum absolute atomic E-state index is 0. The van der Waals surface area contributed by atoms with Crippen LogP contribution in [-0.4, -0.2) is 32.8 Å². The summed E-state index contributed by atoms with van der Waals surface area (Å²) in [6, 6.07) is 12.5. The molecule has 2 aromatic rings. The van der Waals surface area contributed by atoms with Gasteiger partial charge >= 0.3 is 0 Å². The van der Waals surface area contributed by atoms with Crippen LogP contribution < -0.4 is 20.1 Å². The van der Waals surface area contributed by atoms with Crippen molar-refractivity contribution in [1.82, 2.24) is 5.32 Å². The van der Waals surface area contributed by atoms with Gasteiger partial charge in [-0.3, -0.25) is 4.99 Å². The number of halogens is 2. The fourth-order valence-electron chi connectivity index (χ4n) is 2.57. The first-order valence-electron chi connectivity index (χ1n) is 8.37. The number of guanidine groups is 1. The maximum absolute atomic E-state index is 13.6.